The van der Waals surface area contributed by atoms with Crippen LogP contribution in [0.5, 0.6) is 0 Å². The Morgan fingerprint density at radius 2 is 2.09 bits per heavy atom. The highest BCUT2D eigenvalue weighted by molar-refractivity contribution is 7.88. The van der Waals surface area contributed by atoms with Crippen molar-refractivity contribution in [1.29, 1.82) is 0 Å². The molecule has 0 spiro atoms. The first-order chi connectivity index (χ1) is 10.4. The number of aryl methyl sites for hydroxylation is 1. The summed E-state index contributed by atoms with van der Waals surface area (Å²) in [6.07, 6.45) is 2.57. The zero-order valence-corrected chi connectivity index (χ0v) is 13.5. The van der Waals surface area contributed by atoms with Crippen molar-refractivity contribution in [3.63, 3.8) is 0 Å². The van der Waals surface area contributed by atoms with Gasteiger partial charge in [0.05, 0.1) is 17.2 Å². The average molecular weight is 341 g/mol. The summed E-state index contributed by atoms with van der Waals surface area (Å²) in [5, 5.41) is 11.6. The van der Waals surface area contributed by atoms with Gasteiger partial charge in [-0.1, -0.05) is 25.1 Å². The molecule has 0 aliphatic heterocycles. The molecule has 0 radical (unpaired) electrons. The van der Waals surface area contributed by atoms with Crippen LogP contribution in [-0.4, -0.2) is 18.3 Å². The number of sulfonamides is 1. The van der Waals surface area contributed by atoms with Gasteiger partial charge < -0.3 is 0 Å². The highest BCUT2D eigenvalue weighted by atomic mass is 32.2. The molecule has 9 heteroatoms. The van der Waals surface area contributed by atoms with Gasteiger partial charge in [-0.2, -0.15) is 0 Å². The molecule has 1 aromatic carbocycles. The van der Waals surface area contributed by atoms with Crippen molar-refractivity contribution in [2.45, 2.75) is 25.6 Å². The number of nitro benzene ring substituents is 1. The third-order valence-electron chi connectivity index (χ3n) is 2.93. The number of para-hydroxylation sites is 1. The minimum absolute atomic E-state index is 0.0909. The SMILES string of the molecule is CCc1cnc(CNS(=O)(=O)Cc2ccccc2[N+](=O)[O-])s1. The number of thiazole rings is 1. The molecular formula is C13H15N3O4S2. The summed E-state index contributed by atoms with van der Waals surface area (Å²) in [7, 11) is -3.67. The minimum atomic E-state index is -3.67. The molecule has 0 saturated carbocycles. The Balaban J connectivity index is 2.06. The third-order valence-corrected chi connectivity index (χ3v) is 5.34. The van der Waals surface area contributed by atoms with E-state index in [0.29, 0.717) is 5.01 Å². The summed E-state index contributed by atoms with van der Waals surface area (Å²) < 4.78 is 26.6. The van der Waals surface area contributed by atoms with Gasteiger partial charge in [-0.15, -0.1) is 11.3 Å². The first-order valence-electron chi connectivity index (χ1n) is 6.54. The molecule has 0 unspecified atom stereocenters. The van der Waals surface area contributed by atoms with E-state index in [1.165, 1.54) is 29.5 Å². The minimum Gasteiger partial charge on any atom is -0.258 e. The van der Waals surface area contributed by atoms with Gasteiger partial charge >= 0.3 is 0 Å². The number of benzene rings is 1. The lowest BCUT2D eigenvalue weighted by atomic mass is 10.2. The van der Waals surface area contributed by atoms with E-state index >= 15 is 0 Å². The fourth-order valence-electron chi connectivity index (χ4n) is 1.83. The van der Waals surface area contributed by atoms with E-state index in [9.17, 15) is 18.5 Å². The number of nitrogens with one attached hydrogen (secondary N) is 1. The second-order valence-corrected chi connectivity index (χ2v) is 7.55. The van der Waals surface area contributed by atoms with Gasteiger partial charge in [0.1, 0.15) is 5.01 Å². The molecule has 1 aromatic heterocycles. The van der Waals surface area contributed by atoms with Crippen LogP contribution >= 0.6 is 11.3 Å². The quantitative estimate of drug-likeness (QED) is 0.614. The zero-order valence-electron chi connectivity index (χ0n) is 11.9. The molecule has 0 saturated heterocycles. The van der Waals surface area contributed by atoms with Crippen molar-refractivity contribution in [2.24, 2.45) is 0 Å². The molecule has 0 amide bonds. The number of nitrogens with zero attached hydrogens (tertiary/aromatic N) is 2. The van der Waals surface area contributed by atoms with Crippen molar-refractivity contribution >= 4 is 27.0 Å². The second kappa shape index (κ2) is 6.95. The van der Waals surface area contributed by atoms with Crippen LogP contribution in [0.1, 0.15) is 22.4 Å². The van der Waals surface area contributed by atoms with Crippen molar-refractivity contribution in [3.8, 4) is 0 Å². The Hall–Kier alpha value is -1.84. The molecule has 22 heavy (non-hydrogen) atoms. The van der Waals surface area contributed by atoms with E-state index in [4.69, 9.17) is 0 Å². The highest BCUT2D eigenvalue weighted by Gasteiger charge is 2.19. The van der Waals surface area contributed by atoms with Gasteiger partial charge in [-0.3, -0.25) is 10.1 Å². The Bertz CT molecular complexity index is 771. The van der Waals surface area contributed by atoms with E-state index in [1.54, 1.807) is 12.3 Å². The van der Waals surface area contributed by atoms with Crippen molar-refractivity contribution in [2.75, 3.05) is 0 Å². The largest absolute Gasteiger partial charge is 0.273 e. The van der Waals surface area contributed by atoms with Gasteiger partial charge in [0, 0.05) is 22.7 Å². The summed E-state index contributed by atoms with van der Waals surface area (Å²) in [6, 6.07) is 5.81. The van der Waals surface area contributed by atoms with Crippen LogP contribution in [0.25, 0.3) is 0 Å². The molecular weight excluding hydrogens is 326 g/mol. The van der Waals surface area contributed by atoms with Crippen molar-refractivity contribution in [3.05, 3.63) is 56.0 Å². The Morgan fingerprint density at radius 3 is 2.73 bits per heavy atom. The first kappa shape index (κ1) is 16.5. The van der Waals surface area contributed by atoms with Crippen LogP contribution in [0.15, 0.2) is 30.5 Å². The maximum atomic E-state index is 12.1. The highest BCUT2D eigenvalue weighted by Crippen LogP contribution is 2.20. The molecule has 0 aliphatic rings. The predicted molar refractivity (Wildman–Crippen MR) is 84.1 cm³/mol. The van der Waals surface area contributed by atoms with E-state index in [2.05, 4.69) is 9.71 Å². The van der Waals surface area contributed by atoms with Crippen LogP contribution in [0, 0.1) is 10.1 Å². The average Bonchev–Trinajstić information content (AvgIpc) is 2.93. The fourth-order valence-corrected chi connectivity index (χ4v) is 3.84. The lowest BCUT2D eigenvalue weighted by Crippen LogP contribution is -2.25. The summed E-state index contributed by atoms with van der Waals surface area (Å²) in [6.45, 7) is 2.09. The summed E-state index contributed by atoms with van der Waals surface area (Å²) in [4.78, 5) is 15.5. The standard InChI is InChI=1S/C13H15N3O4S2/c1-2-11-7-14-13(21-11)8-15-22(19,20)9-10-5-3-4-6-12(10)16(17)18/h3-7,15H,2,8-9H2,1H3. The Kier molecular flexibility index (Phi) is 5.22. The molecule has 2 rings (SSSR count). The van der Waals surface area contributed by atoms with Gasteiger partial charge in [0.2, 0.25) is 10.0 Å². The molecule has 118 valence electrons. The molecule has 1 N–H and O–H groups in total. The van der Waals surface area contributed by atoms with Gasteiger partial charge in [-0.05, 0) is 6.42 Å². The molecule has 2 aromatic rings. The first-order valence-corrected chi connectivity index (χ1v) is 9.01. The normalized spacial score (nSPS) is 11.5. The number of nitro groups is 1. The zero-order chi connectivity index (χ0) is 16.2. The molecule has 0 fully saturated rings. The summed E-state index contributed by atoms with van der Waals surface area (Å²) in [5.41, 5.74) is -0.0382. The van der Waals surface area contributed by atoms with Gasteiger partial charge in [-0.25, -0.2) is 18.1 Å². The van der Waals surface area contributed by atoms with E-state index < -0.39 is 20.7 Å². The van der Waals surface area contributed by atoms with Gasteiger partial charge in [0.25, 0.3) is 5.69 Å². The number of hydrogen-bond donors (Lipinski definition) is 1. The summed E-state index contributed by atoms with van der Waals surface area (Å²) in [5.74, 6) is -0.434. The van der Waals surface area contributed by atoms with Crippen molar-refractivity contribution in [1.82, 2.24) is 9.71 Å². The second-order valence-electron chi connectivity index (χ2n) is 4.54. The van der Waals surface area contributed by atoms with Gasteiger partial charge in [0.15, 0.2) is 0 Å². The summed E-state index contributed by atoms with van der Waals surface area (Å²) >= 11 is 1.44. The number of rotatable bonds is 7. The predicted octanol–water partition coefficient (Wildman–Crippen LogP) is 2.23. The van der Waals surface area contributed by atoms with Crippen LogP contribution < -0.4 is 4.72 Å². The molecule has 0 aliphatic carbocycles. The monoisotopic (exact) mass is 341 g/mol. The van der Waals surface area contributed by atoms with E-state index in [1.807, 2.05) is 6.92 Å². The Labute approximate surface area is 132 Å². The lowest BCUT2D eigenvalue weighted by Gasteiger charge is -2.06. The van der Waals surface area contributed by atoms with E-state index in [0.717, 1.165) is 11.3 Å². The maximum absolute atomic E-state index is 12.1. The molecule has 0 bridgehead atoms. The lowest BCUT2D eigenvalue weighted by molar-refractivity contribution is -0.385. The number of hydrogen-bond acceptors (Lipinski definition) is 6. The van der Waals surface area contributed by atoms with Crippen LogP contribution in [0.2, 0.25) is 0 Å². The fraction of sp³-hybridized carbons (Fsp3) is 0.308. The molecule has 7 nitrogen and oxygen atoms in total. The molecule has 1 heterocycles. The van der Waals surface area contributed by atoms with Crippen molar-refractivity contribution < 1.29 is 13.3 Å². The topological polar surface area (TPSA) is 102 Å². The number of aromatic nitrogens is 1. The van der Waals surface area contributed by atoms with Crippen LogP contribution in [-0.2, 0) is 28.7 Å². The molecule has 0 atom stereocenters. The smallest absolute Gasteiger partial charge is 0.258 e. The van der Waals surface area contributed by atoms with Crippen LogP contribution in [0.3, 0.4) is 0 Å². The van der Waals surface area contributed by atoms with Crippen LogP contribution in [0.4, 0.5) is 5.69 Å². The third kappa shape index (κ3) is 4.33. The maximum Gasteiger partial charge on any atom is 0.273 e. The van der Waals surface area contributed by atoms with E-state index in [-0.39, 0.29) is 17.8 Å². The Morgan fingerprint density at radius 1 is 1.36 bits per heavy atom.